The molecule has 0 radical (unpaired) electrons. The van der Waals surface area contributed by atoms with Gasteiger partial charge < -0.3 is 14.2 Å². The number of benzene rings is 3. The number of aromatic nitrogens is 1. The minimum absolute atomic E-state index is 0.124. The molecule has 38 heavy (non-hydrogen) atoms. The number of aryl methyl sites for hydroxylation is 1. The van der Waals surface area contributed by atoms with Crippen molar-refractivity contribution in [3.05, 3.63) is 113 Å². The fourth-order valence-electron chi connectivity index (χ4n) is 5.30. The summed E-state index contributed by atoms with van der Waals surface area (Å²) in [7, 11) is 4.74. The molecule has 2 aliphatic rings. The number of hydrogen-bond donors (Lipinski definition) is 0. The second kappa shape index (κ2) is 9.82. The van der Waals surface area contributed by atoms with E-state index in [9.17, 15) is 4.79 Å². The van der Waals surface area contributed by atoms with Crippen molar-refractivity contribution in [1.29, 1.82) is 0 Å². The lowest BCUT2D eigenvalue weighted by Crippen LogP contribution is -2.38. The van der Waals surface area contributed by atoms with Crippen molar-refractivity contribution < 1.29 is 14.2 Å². The van der Waals surface area contributed by atoms with Crippen molar-refractivity contribution in [1.82, 2.24) is 4.57 Å². The minimum Gasteiger partial charge on any atom is -0.496 e. The molecule has 3 aromatic carbocycles. The Labute approximate surface area is 228 Å². The zero-order valence-electron chi connectivity index (χ0n) is 21.2. The summed E-state index contributed by atoms with van der Waals surface area (Å²) in [6, 6.07) is 19.3. The Hall–Kier alpha value is -3.81. The van der Waals surface area contributed by atoms with E-state index < -0.39 is 0 Å². The lowest BCUT2D eigenvalue weighted by molar-refractivity contribution is 0.348. The number of halogens is 1. The van der Waals surface area contributed by atoms with Gasteiger partial charge in [0, 0.05) is 22.2 Å². The van der Waals surface area contributed by atoms with E-state index >= 15 is 0 Å². The van der Waals surface area contributed by atoms with Crippen LogP contribution >= 0.6 is 22.9 Å². The molecule has 0 fully saturated rings. The highest BCUT2D eigenvalue weighted by Crippen LogP contribution is 2.42. The molecule has 0 N–H and O–H groups in total. The van der Waals surface area contributed by atoms with E-state index in [-0.39, 0.29) is 11.6 Å². The van der Waals surface area contributed by atoms with Crippen LogP contribution in [0.15, 0.2) is 76.0 Å². The van der Waals surface area contributed by atoms with E-state index in [0.717, 1.165) is 35.2 Å². The molecule has 0 saturated heterocycles. The Bertz CT molecular complexity index is 1790. The fourth-order valence-corrected chi connectivity index (χ4v) is 6.53. The molecule has 192 valence electrons. The molecule has 1 aliphatic carbocycles. The Morgan fingerprint density at radius 2 is 1.66 bits per heavy atom. The molecule has 0 spiro atoms. The number of methoxy groups -OCH3 is 3. The molecule has 0 amide bonds. The molecule has 8 heteroatoms. The maximum Gasteiger partial charge on any atom is 0.271 e. The van der Waals surface area contributed by atoms with Gasteiger partial charge in [0.05, 0.1) is 37.6 Å². The highest BCUT2D eigenvalue weighted by Gasteiger charge is 2.33. The smallest absolute Gasteiger partial charge is 0.271 e. The molecule has 1 aromatic heterocycles. The maximum absolute atomic E-state index is 14.0. The van der Waals surface area contributed by atoms with Gasteiger partial charge >= 0.3 is 0 Å². The van der Waals surface area contributed by atoms with Crippen molar-refractivity contribution in [2.75, 3.05) is 21.3 Å². The quantitative estimate of drug-likeness (QED) is 0.355. The fraction of sp³-hybridized carbons (Fsp3) is 0.200. The van der Waals surface area contributed by atoms with Crippen LogP contribution in [0.2, 0.25) is 5.02 Å². The monoisotopic (exact) mass is 544 g/mol. The Morgan fingerprint density at radius 1 is 0.947 bits per heavy atom. The Kier molecular flexibility index (Phi) is 6.33. The van der Waals surface area contributed by atoms with E-state index in [4.69, 9.17) is 30.8 Å². The van der Waals surface area contributed by atoms with Gasteiger partial charge in [0.2, 0.25) is 0 Å². The van der Waals surface area contributed by atoms with E-state index in [2.05, 4.69) is 18.2 Å². The highest BCUT2D eigenvalue weighted by atomic mass is 35.5. The van der Waals surface area contributed by atoms with E-state index in [1.165, 1.54) is 16.9 Å². The first-order chi connectivity index (χ1) is 18.5. The number of thiazole rings is 1. The van der Waals surface area contributed by atoms with Crippen molar-refractivity contribution in [2.24, 2.45) is 4.99 Å². The average Bonchev–Trinajstić information content (AvgIpc) is 3.26. The SMILES string of the molecule is COc1cc(OC)c(OC)cc1/C=c1/sc2n(c1=O)C(c1ccccc1Cl)C1=C(N=2)c2ccccc2CC1. The van der Waals surface area contributed by atoms with Crippen LogP contribution in [-0.4, -0.2) is 25.9 Å². The number of allylic oxidation sites excluding steroid dienone is 1. The van der Waals surface area contributed by atoms with Crippen LogP contribution in [0, 0.1) is 0 Å². The average molecular weight is 545 g/mol. The third kappa shape index (κ3) is 3.94. The topological polar surface area (TPSA) is 62.1 Å². The van der Waals surface area contributed by atoms with E-state index in [1.807, 2.05) is 42.5 Å². The van der Waals surface area contributed by atoms with Crippen molar-refractivity contribution in [2.45, 2.75) is 18.9 Å². The number of rotatable bonds is 5. The second-order valence-corrected chi connectivity index (χ2v) is 10.5. The van der Waals surface area contributed by atoms with Gasteiger partial charge in [-0.25, -0.2) is 4.99 Å². The Morgan fingerprint density at radius 3 is 2.42 bits per heavy atom. The third-order valence-electron chi connectivity index (χ3n) is 7.10. The highest BCUT2D eigenvalue weighted by molar-refractivity contribution is 7.07. The Balaban J connectivity index is 1.62. The molecular weight excluding hydrogens is 520 g/mol. The molecule has 1 unspecified atom stereocenters. The van der Waals surface area contributed by atoms with Crippen LogP contribution in [0.25, 0.3) is 11.8 Å². The molecule has 4 aromatic rings. The number of hydrogen-bond acceptors (Lipinski definition) is 6. The predicted octanol–water partition coefficient (Wildman–Crippen LogP) is 5.00. The second-order valence-electron chi connectivity index (χ2n) is 9.08. The van der Waals surface area contributed by atoms with Crippen molar-refractivity contribution in [3.63, 3.8) is 0 Å². The zero-order valence-corrected chi connectivity index (χ0v) is 22.7. The summed E-state index contributed by atoms with van der Waals surface area (Å²) in [6.07, 6.45) is 3.52. The molecule has 0 saturated carbocycles. The predicted molar refractivity (Wildman–Crippen MR) is 150 cm³/mol. The van der Waals surface area contributed by atoms with Crippen molar-refractivity contribution >= 4 is 34.7 Å². The van der Waals surface area contributed by atoms with E-state index in [1.54, 1.807) is 32.0 Å². The van der Waals surface area contributed by atoms with Gasteiger partial charge in [0.25, 0.3) is 5.56 Å². The van der Waals surface area contributed by atoms with Crippen LogP contribution in [0.5, 0.6) is 17.2 Å². The first-order valence-electron chi connectivity index (χ1n) is 12.2. The number of nitrogens with zero attached hydrogens (tertiary/aromatic N) is 2. The summed E-state index contributed by atoms with van der Waals surface area (Å²) in [6.45, 7) is 0. The molecule has 6 nitrogen and oxygen atoms in total. The summed E-state index contributed by atoms with van der Waals surface area (Å²) >= 11 is 8.09. The van der Waals surface area contributed by atoms with Crippen molar-refractivity contribution in [3.8, 4) is 17.2 Å². The van der Waals surface area contributed by atoms with Crippen LogP contribution in [0.3, 0.4) is 0 Å². The largest absolute Gasteiger partial charge is 0.496 e. The van der Waals surface area contributed by atoms with Crippen LogP contribution in [-0.2, 0) is 6.42 Å². The lowest BCUT2D eigenvalue weighted by Gasteiger charge is -2.31. The van der Waals surface area contributed by atoms with Gasteiger partial charge in [-0.05, 0) is 47.8 Å². The summed E-state index contributed by atoms with van der Waals surface area (Å²) in [4.78, 5) is 19.7. The molecule has 0 bridgehead atoms. The molecule has 2 heterocycles. The number of ether oxygens (including phenoxy) is 3. The lowest BCUT2D eigenvalue weighted by atomic mass is 9.83. The molecule has 1 aliphatic heterocycles. The van der Waals surface area contributed by atoms with Crippen LogP contribution in [0.1, 0.15) is 34.7 Å². The normalized spacial score (nSPS) is 16.3. The summed E-state index contributed by atoms with van der Waals surface area (Å²) in [5.41, 5.74) is 5.91. The van der Waals surface area contributed by atoms with Gasteiger partial charge in [0.15, 0.2) is 16.3 Å². The van der Waals surface area contributed by atoms with Gasteiger partial charge in [-0.2, -0.15) is 0 Å². The molecule has 1 atom stereocenters. The first-order valence-corrected chi connectivity index (χ1v) is 13.4. The number of fused-ring (bicyclic) bond motifs is 3. The van der Waals surface area contributed by atoms with Gasteiger partial charge in [-0.1, -0.05) is 65.4 Å². The van der Waals surface area contributed by atoms with Gasteiger partial charge in [-0.3, -0.25) is 9.36 Å². The van der Waals surface area contributed by atoms with Gasteiger partial charge in [0.1, 0.15) is 5.75 Å². The van der Waals surface area contributed by atoms with Crippen LogP contribution in [0.4, 0.5) is 0 Å². The van der Waals surface area contributed by atoms with E-state index in [0.29, 0.717) is 37.2 Å². The third-order valence-corrected chi connectivity index (χ3v) is 8.42. The summed E-state index contributed by atoms with van der Waals surface area (Å²) in [5, 5.41) is 0.626. The van der Waals surface area contributed by atoms with Gasteiger partial charge in [-0.15, -0.1) is 0 Å². The standard InChI is InChI=1S/C30H25ClN2O4S/c1-35-23-16-25(37-3)24(36-2)14-18(23)15-26-29(34)33-28(20-10-6-7-11-22(20)31)21-13-12-17-8-4-5-9-19(17)27(21)32-30(33)38-26/h4-11,14-16,28H,12-13H2,1-3H3/b26-15+. The first kappa shape index (κ1) is 24.5. The molecule has 6 rings (SSSR count). The maximum atomic E-state index is 14.0. The minimum atomic E-state index is -0.335. The molecular formula is C30H25ClN2O4S. The summed E-state index contributed by atoms with van der Waals surface area (Å²) in [5.74, 6) is 1.67. The zero-order chi connectivity index (χ0) is 26.4. The van der Waals surface area contributed by atoms with Crippen LogP contribution < -0.4 is 29.1 Å². The summed E-state index contributed by atoms with van der Waals surface area (Å²) < 4.78 is 18.8.